The first-order valence-electron chi connectivity index (χ1n) is 9.63. The quantitative estimate of drug-likeness (QED) is 0.681. The summed E-state index contributed by atoms with van der Waals surface area (Å²) in [6.07, 6.45) is 1.39. The summed E-state index contributed by atoms with van der Waals surface area (Å²) in [6, 6.07) is 13.8. The second kappa shape index (κ2) is 9.69. The van der Waals surface area contributed by atoms with Gasteiger partial charge in [-0.25, -0.2) is 0 Å². The van der Waals surface area contributed by atoms with Gasteiger partial charge in [-0.05, 0) is 49.7 Å². The van der Waals surface area contributed by atoms with Crippen molar-refractivity contribution in [1.82, 2.24) is 5.32 Å². The van der Waals surface area contributed by atoms with E-state index in [1.165, 1.54) is 0 Å². The van der Waals surface area contributed by atoms with Crippen LogP contribution in [0.1, 0.15) is 28.8 Å². The number of amides is 3. The van der Waals surface area contributed by atoms with Crippen LogP contribution in [0.3, 0.4) is 0 Å². The van der Waals surface area contributed by atoms with E-state index in [9.17, 15) is 19.2 Å². The van der Waals surface area contributed by atoms with E-state index in [0.29, 0.717) is 24.2 Å². The Morgan fingerprint density at radius 1 is 1.10 bits per heavy atom. The minimum absolute atomic E-state index is 0.0909. The van der Waals surface area contributed by atoms with Crippen LogP contribution in [0.25, 0.3) is 0 Å². The van der Waals surface area contributed by atoms with E-state index in [0.717, 1.165) is 17.7 Å². The molecule has 156 valence electrons. The van der Waals surface area contributed by atoms with Crippen molar-refractivity contribution in [3.63, 3.8) is 0 Å². The van der Waals surface area contributed by atoms with Crippen LogP contribution in [0.2, 0.25) is 0 Å². The molecule has 1 fully saturated rings. The van der Waals surface area contributed by atoms with Crippen molar-refractivity contribution < 1.29 is 23.9 Å². The number of nitrogens with zero attached hydrogens (tertiary/aromatic N) is 1. The Morgan fingerprint density at radius 2 is 1.87 bits per heavy atom. The summed E-state index contributed by atoms with van der Waals surface area (Å²) < 4.78 is 4.89. The number of anilines is 2. The fourth-order valence-corrected chi connectivity index (χ4v) is 3.08. The van der Waals surface area contributed by atoms with Gasteiger partial charge in [0.25, 0.3) is 11.8 Å². The molecule has 1 aliphatic rings. The second-order valence-corrected chi connectivity index (χ2v) is 6.96. The van der Waals surface area contributed by atoms with Gasteiger partial charge in [0, 0.05) is 29.9 Å². The number of ether oxygens (including phenoxy) is 1. The van der Waals surface area contributed by atoms with Crippen LogP contribution in [0.5, 0.6) is 0 Å². The second-order valence-electron chi connectivity index (χ2n) is 6.96. The molecule has 8 heteroatoms. The molecule has 8 nitrogen and oxygen atoms in total. The van der Waals surface area contributed by atoms with Crippen molar-refractivity contribution in [2.75, 3.05) is 29.9 Å². The van der Waals surface area contributed by atoms with Gasteiger partial charge < -0.3 is 20.3 Å². The molecule has 2 N–H and O–H groups in total. The standard InChI is InChI=1S/C22H23N3O5/c1-15-4-2-5-16(12-15)22(29)23-13-21(28)30-14-19(26)24-17-7-9-18(10-8-17)25-11-3-6-20(25)27/h2,4-5,7-10,12H,3,6,11,13-14H2,1H3,(H,23,29)(H,24,26). The maximum atomic E-state index is 12.0. The summed E-state index contributed by atoms with van der Waals surface area (Å²) in [6.45, 7) is 1.76. The molecule has 0 spiro atoms. The first-order valence-corrected chi connectivity index (χ1v) is 9.63. The molecule has 3 rings (SSSR count). The van der Waals surface area contributed by atoms with E-state index in [1.54, 1.807) is 47.4 Å². The molecule has 2 aromatic carbocycles. The molecule has 0 radical (unpaired) electrons. The third kappa shape index (κ3) is 5.66. The van der Waals surface area contributed by atoms with Crippen LogP contribution in [0.15, 0.2) is 48.5 Å². The first-order chi connectivity index (χ1) is 14.4. The predicted molar refractivity (Wildman–Crippen MR) is 111 cm³/mol. The third-order valence-electron chi connectivity index (χ3n) is 4.57. The van der Waals surface area contributed by atoms with Gasteiger partial charge in [-0.15, -0.1) is 0 Å². The number of carbonyl (C=O) groups excluding carboxylic acids is 4. The molecule has 2 aromatic rings. The van der Waals surface area contributed by atoms with E-state index < -0.39 is 24.4 Å². The van der Waals surface area contributed by atoms with Crippen molar-refractivity contribution in [2.45, 2.75) is 19.8 Å². The van der Waals surface area contributed by atoms with Crippen molar-refractivity contribution >= 4 is 35.1 Å². The molecule has 3 amide bonds. The lowest BCUT2D eigenvalue weighted by molar-refractivity contribution is -0.146. The van der Waals surface area contributed by atoms with E-state index >= 15 is 0 Å². The van der Waals surface area contributed by atoms with Crippen LogP contribution in [-0.4, -0.2) is 43.4 Å². The molecule has 30 heavy (non-hydrogen) atoms. The first kappa shape index (κ1) is 21.0. The van der Waals surface area contributed by atoms with Crippen LogP contribution < -0.4 is 15.5 Å². The summed E-state index contributed by atoms with van der Waals surface area (Å²) >= 11 is 0. The SMILES string of the molecule is Cc1cccc(C(=O)NCC(=O)OCC(=O)Nc2ccc(N3CCCC3=O)cc2)c1. The average molecular weight is 409 g/mol. The van der Waals surface area contributed by atoms with Crippen LogP contribution >= 0.6 is 0 Å². The zero-order valence-electron chi connectivity index (χ0n) is 16.6. The van der Waals surface area contributed by atoms with E-state index in [-0.39, 0.29) is 12.5 Å². The number of aryl methyl sites for hydroxylation is 1. The lowest BCUT2D eigenvalue weighted by Crippen LogP contribution is -2.32. The van der Waals surface area contributed by atoms with E-state index in [2.05, 4.69) is 10.6 Å². The summed E-state index contributed by atoms with van der Waals surface area (Å²) in [7, 11) is 0. The molecule has 0 aliphatic carbocycles. The normalized spacial score (nSPS) is 13.1. The minimum Gasteiger partial charge on any atom is -0.454 e. The predicted octanol–water partition coefficient (Wildman–Crippen LogP) is 2.03. The molecular formula is C22H23N3O5. The molecular weight excluding hydrogens is 386 g/mol. The fourth-order valence-electron chi connectivity index (χ4n) is 3.08. The number of carbonyl (C=O) groups is 4. The van der Waals surface area contributed by atoms with Gasteiger partial charge in [0.1, 0.15) is 6.54 Å². The number of esters is 1. The summed E-state index contributed by atoms with van der Waals surface area (Å²) in [5, 5.41) is 5.07. The monoisotopic (exact) mass is 409 g/mol. The largest absolute Gasteiger partial charge is 0.454 e. The Morgan fingerprint density at radius 3 is 2.53 bits per heavy atom. The van der Waals surface area contributed by atoms with Crippen LogP contribution in [0, 0.1) is 6.92 Å². The van der Waals surface area contributed by atoms with Gasteiger partial charge in [0.05, 0.1) is 0 Å². The fraction of sp³-hybridized carbons (Fsp3) is 0.273. The molecule has 1 saturated heterocycles. The lowest BCUT2D eigenvalue weighted by Gasteiger charge is -2.16. The molecule has 0 aromatic heterocycles. The van der Waals surface area contributed by atoms with Gasteiger partial charge in [-0.3, -0.25) is 19.2 Å². The number of rotatable bonds is 7. The number of hydrogen-bond donors (Lipinski definition) is 2. The maximum absolute atomic E-state index is 12.0. The smallest absolute Gasteiger partial charge is 0.325 e. The summed E-state index contributed by atoms with van der Waals surface area (Å²) in [5.41, 5.74) is 2.69. The number of benzene rings is 2. The highest BCUT2D eigenvalue weighted by molar-refractivity contribution is 5.97. The molecule has 0 saturated carbocycles. The Balaban J connectivity index is 1.40. The highest BCUT2D eigenvalue weighted by Crippen LogP contribution is 2.22. The minimum atomic E-state index is -0.714. The van der Waals surface area contributed by atoms with Gasteiger partial charge in [-0.1, -0.05) is 17.7 Å². The van der Waals surface area contributed by atoms with Crippen LogP contribution in [0.4, 0.5) is 11.4 Å². The molecule has 1 aliphatic heterocycles. The molecule has 0 unspecified atom stereocenters. The van der Waals surface area contributed by atoms with E-state index in [1.807, 2.05) is 13.0 Å². The van der Waals surface area contributed by atoms with E-state index in [4.69, 9.17) is 4.74 Å². The van der Waals surface area contributed by atoms with Gasteiger partial charge >= 0.3 is 5.97 Å². The Kier molecular flexibility index (Phi) is 6.79. The molecule has 0 atom stereocenters. The summed E-state index contributed by atoms with van der Waals surface area (Å²) in [5.74, 6) is -1.52. The molecule has 1 heterocycles. The Hall–Kier alpha value is -3.68. The molecule has 0 bridgehead atoms. The zero-order chi connectivity index (χ0) is 21.5. The van der Waals surface area contributed by atoms with Gasteiger partial charge in [0.2, 0.25) is 5.91 Å². The highest BCUT2D eigenvalue weighted by atomic mass is 16.5. The third-order valence-corrected chi connectivity index (χ3v) is 4.57. The zero-order valence-corrected chi connectivity index (χ0v) is 16.6. The van der Waals surface area contributed by atoms with Crippen molar-refractivity contribution in [1.29, 1.82) is 0 Å². The Bertz CT molecular complexity index is 956. The number of hydrogen-bond acceptors (Lipinski definition) is 5. The van der Waals surface area contributed by atoms with Gasteiger partial charge in [-0.2, -0.15) is 0 Å². The average Bonchev–Trinajstić information content (AvgIpc) is 3.17. The van der Waals surface area contributed by atoms with Crippen LogP contribution in [-0.2, 0) is 19.1 Å². The summed E-state index contributed by atoms with van der Waals surface area (Å²) in [4.78, 5) is 49.2. The van der Waals surface area contributed by atoms with Crippen molar-refractivity contribution in [3.05, 3.63) is 59.7 Å². The van der Waals surface area contributed by atoms with Crippen molar-refractivity contribution in [3.8, 4) is 0 Å². The van der Waals surface area contributed by atoms with Gasteiger partial charge in [0.15, 0.2) is 6.61 Å². The Labute approximate surface area is 174 Å². The maximum Gasteiger partial charge on any atom is 0.325 e. The highest BCUT2D eigenvalue weighted by Gasteiger charge is 2.21. The number of nitrogens with one attached hydrogen (secondary N) is 2. The van der Waals surface area contributed by atoms with Crippen molar-refractivity contribution in [2.24, 2.45) is 0 Å². The topological polar surface area (TPSA) is 105 Å². The lowest BCUT2D eigenvalue weighted by atomic mass is 10.1.